The highest BCUT2D eigenvalue weighted by atomic mass is 79.9. The molecule has 1 heterocycles. The van der Waals surface area contributed by atoms with Gasteiger partial charge in [-0.05, 0) is 17.7 Å². The van der Waals surface area contributed by atoms with Crippen LogP contribution in [0.25, 0.3) is 11.1 Å². The topological polar surface area (TPSA) is 35.1 Å². The van der Waals surface area contributed by atoms with E-state index in [0.717, 1.165) is 11.1 Å². The van der Waals surface area contributed by atoms with Crippen molar-refractivity contribution in [3.05, 3.63) is 34.3 Å². The van der Waals surface area contributed by atoms with Gasteiger partial charge in [-0.15, -0.1) is 0 Å². The highest BCUT2D eigenvalue weighted by Crippen LogP contribution is 2.30. The van der Waals surface area contributed by atoms with E-state index in [2.05, 4.69) is 31.9 Å². The van der Waals surface area contributed by atoms with E-state index in [9.17, 15) is 4.79 Å². The fourth-order valence-electron chi connectivity index (χ4n) is 1.28. The molecule has 5 heteroatoms. The lowest BCUT2D eigenvalue weighted by Crippen LogP contribution is -2.08. The van der Waals surface area contributed by atoms with Crippen molar-refractivity contribution >= 4 is 43.0 Å². The summed E-state index contributed by atoms with van der Waals surface area (Å²) in [7, 11) is 1.69. The molecule has 0 bridgehead atoms. The Balaban J connectivity index is 2.76. The van der Waals surface area contributed by atoms with Crippen molar-refractivity contribution in [3.63, 3.8) is 0 Å². The zero-order chi connectivity index (χ0) is 10.3. The van der Waals surface area contributed by atoms with Gasteiger partial charge in [-0.1, -0.05) is 37.9 Å². The van der Waals surface area contributed by atoms with Crippen LogP contribution in [-0.4, -0.2) is 4.57 Å². The van der Waals surface area contributed by atoms with Gasteiger partial charge in [-0.2, -0.15) is 0 Å². The average Bonchev–Trinajstić information content (AvgIpc) is 2.43. The molecule has 0 N–H and O–H groups in total. The number of hydrogen-bond donors (Lipinski definition) is 0. The SMILES string of the molecule is Cn1c(=O)oc2ccc(C(Br)Br)cc21. The van der Waals surface area contributed by atoms with Crippen molar-refractivity contribution < 1.29 is 4.42 Å². The van der Waals surface area contributed by atoms with Gasteiger partial charge in [0.25, 0.3) is 0 Å². The van der Waals surface area contributed by atoms with Gasteiger partial charge >= 0.3 is 5.76 Å². The third-order valence-electron chi connectivity index (χ3n) is 2.07. The molecule has 0 aliphatic rings. The fraction of sp³-hybridized carbons (Fsp3) is 0.222. The van der Waals surface area contributed by atoms with E-state index in [0.29, 0.717) is 5.58 Å². The van der Waals surface area contributed by atoms with Crippen molar-refractivity contribution in [2.24, 2.45) is 7.05 Å². The van der Waals surface area contributed by atoms with Crippen molar-refractivity contribution in [1.29, 1.82) is 0 Å². The van der Waals surface area contributed by atoms with Gasteiger partial charge < -0.3 is 4.42 Å². The summed E-state index contributed by atoms with van der Waals surface area (Å²) in [5.74, 6) is -0.335. The van der Waals surface area contributed by atoms with Gasteiger partial charge in [0.15, 0.2) is 5.58 Å². The second-order valence-electron chi connectivity index (χ2n) is 2.95. The first kappa shape index (κ1) is 9.98. The van der Waals surface area contributed by atoms with Crippen molar-refractivity contribution in [1.82, 2.24) is 4.57 Å². The lowest BCUT2D eigenvalue weighted by atomic mass is 10.2. The minimum atomic E-state index is -0.335. The molecule has 0 saturated heterocycles. The van der Waals surface area contributed by atoms with Crippen LogP contribution < -0.4 is 5.76 Å². The third-order valence-corrected chi connectivity index (χ3v) is 3.12. The monoisotopic (exact) mass is 319 g/mol. The molecule has 3 nitrogen and oxygen atoms in total. The van der Waals surface area contributed by atoms with Crippen LogP contribution in [0.3, 0.4) is 0 Å². The molecule has 0 saturated carbocycles. The molecule has 0 aliphatic carbocycles. The Labute approximate surface area is 97.0 Å². The molecule has 0 unspecified atom stereocenters. The number of oxazole rings is 1. The summed E-state index contributed by atoms with van der Waals surface area (Å²) in [6, 6.07) is 5.61. The number of nitrogens with zero attached hydrogens (tertiary/aromatic N) is 1. The molecule has 0 radical (unpaired) electrons. The highest BCUT2D eigenvalue weighted by Gasteiger charge is 2.08. The number of hydrogen-bond acceptors (Lipinski definition) is 2. The smallest absolute Gasteiger partial charge is 0.408 e. The van der Waals surface area contributed by atoms with Crippen molar-refractivity contribution in [2.45, 2.75) is 3.74 Å². The van der Waals surface area contributed by atoms with Crippen LogP contribution in [0.5, 0.6) is 0 Å². The average molecular weight is 321 g/mol. The molecular weight excluding hydrogens is 314 g/mol. The van der Waals surface area contributed by atoms with Gasteiger partial charge in [0.2, 0.25) is 0 Å². The highest BCUT2D eigenvalue weighted by molar-refractivity contribution is 9.24. The summed E-state index contributed by atoms with van der Waals surface area (Å²) in [4.78, 5) is 11.2. The van der Waals surface area contributed by atoms with Crippen LogP contribution >= 0.6 is 31.9 Å². The molecule has 14 heavy (non-hydrogen) atoms. The molecule has 0 aliphatic heterocycles. The van der Waals surface area contributed by atoms with Crippen LogP contribution in [0.2, 0.25) is 0 Å². The molecule has 0 fully saturated rings. The number of rotatable bonds is 1. The number of fused-ring (bicyclic) bond motifs is 1. The zero-order valence-corrected chi connectivity index (χ0v) is 10.5. The Morgan fingerprint density at radius 2 is 2.14 bits per heavy atom. The second-order valence-corrected chi connectivity index (χ2v) is 6.01. The van der Waals surface area contributed by atoms with Crippen LogP contribution in [0, 0.1) is 0 Å². The Hall–Kier alpha value is -0.550. The second kappa shape index (κ2) is 3.55. The maximum atomic E-state index is 11.2. The van der Waals surface area contributed by atoms with Gasteiger partial charge in [-0.25, -0.2) is 4.79 Å². The van der Waals surface area contributed by atoms with Crippen LogP contribution in [0.15, 0.2) is 27.4 Å². The van der Waals surface area contributed by atoms with E-state index >= 15 is 0 Å². The lowest BCUT2D eigenvalue weighted by molar-refractivity contribution is 0.528. The molecular formula is C9H7Br2NO2. The maximum Gasteiger partial charge on any atom is 0.419 e. The van der Waals surface area contributed by atoms with Crippen molar-refractivity contribution in [2.75, 3.05) is 0 Å². The van der Waals surface area contributed by atoms with Gasteiger partial charge in [0.1, 0.15) is 0 Å². The predicted octanol–water partition coefficient (Wildman–Crippen LogP) is 2.92. The molecule has 2 aromatic rings. The lowest BCUT2D eigenvalue weighted by Gasteiger charge is -2.01. The van der Waals surface area contributed by atoms with Gasteiger partial charge in [0, 0.05) is 7.05 Å². The third kappa shape index (κ3) is 1.54. The molecule has 1 aromatic heterocycles. The summed E-state index contributed by atoms with van der Waals surface area (Å²) in [5, 5.41) is 0. The minimum Gasteiger partial charge on any atom is -0.408 e. The Bertz CT molecular complexity index is 527. The molecule has 0 spiro atoms. The number of benzene rings is 1. The van der Waals surface area contributed by atoms with Crippen LogP contribution in [0.1, 0.15) is 9.30 Å². The number of alkyl halides is 2. The van der Waals surface area contributed by atoms with Crippen LogP contribution in [0.4, 0.5) is 0 Å². The molecule has 2 rings (SSSR count). The minimum absolute atomic E-state index is 0.0874. The molecule has 0 atom stereocenters. The number of aryl methyl sites for hydroxylation is 1. The maximum absolute atomic E-state index is 11.2. The molecule has 74 valence electrons. The van der Waals surface area contributed by atoms with E-state index in [1.54, 1.807) is 13.1 Å². The summed E-state index contributed by atoms with van der Waals surface area (Å²) < 4.78 is 6.58. The first-order valence-corrected chi connectivity index (χ1v) is 5.80. The number of aromatic nitrogens is 1. The first-order chi connectivity index (χ1) is 6.59. The quantitative estimate of drug-likeness (QED) is 0.757. The summed E-state index contributed by atoms with van der Waals surface area (Å²) >= 11 is 6.80. The van der Waals surface area contributed by atoms with E-state index in [1.807, 2.05) is 12.1 Å². The first-order valence-electron chi connectivity index (χ1n) is 3.97. The van der Waals surface area contributed by atoms with E-state index < -0.39 is 0 Å². The molecule has 0 amide bonds. The van der Waals surface area contributed by atoms with Crippen molar-refractivity contribution in [3.8, 4) is 0 Å². The summed E-state index contributed by atoms with van der Waals surface area (Å²) in [6.45, 7) is 0. The van der Waals surface area contributed by atoms with E-state index in [4.69, 9.17) is 4.42 Å². The number of halogens is 2. The standard InChI is InChI=1S/C9H7Br2NO2/c1-12-6-4-5(8(10)11)2-3-7(6)14-9(12)13/h2-4,8H,1H3. The summed E-state index contributed by atoms with van der Waals surface area (Å²) in [6.07, 6.45) is 0. The van der Waals surface area contributed by atoms with Crippen LogP contribution in [-0.2, 0) is 7.05 Å². The Morgan fingerprint density at radius 1 is 1.43 bits per heavy atom. The van der Waals surface area contributed by atoms with E-state index in [1.165, 1.54) is 4.57 Å². The Kier molecular flexibility index (Phi) is 2.53. The zero-order valence-electron chi connectivity index (χ0n) is 7.33. The fourth-order valence-corrected chi connectivity index (χ4v) is 1.85. The largest absolute Gasteiger partial charge is 0.419 e. The van der Waals surface area contributed by atoms with Gasteiger partial charge in [-0.3, -0.25) is 4.57 Å². The Morgan fingerprint density at radius 3 is 2.79 bits per heavy atom. The molecule has 1 aromatic carbocycles. The van der Waals surface area contributed by atoms with E-state index in [-0.39, 0.29) is 9.49 Å². The van der Waals surface area contributed by atoms with Gasteiger partial charge in [0.05, 0.1) is 9.25 Å². The normalized spacial score (nSPS) is 11.4. The summed E-state index contributed by atoms with van der Waals surface area (Å²) in [5.41, 5.74) is 2.47. The predicted molar refractivity (Wildman–Crippen MR) is 62.1 cm³/mol.